The van der Waals surface area contributed by atoms with E-state index in [0.29, 0.717) is 32.4 Å². The molecule has 2 heterocycles. The summed E-state index contributed by atoms with van der Waals surface area (Å²) in [6, 6.07) is 6.47. The van der Waals surface area contributed by atoms with Gasteiger partial charge >= 0.3 is 0 Å². The molecule has 2 N–H and O–H groups in total. The van der Waals surface area contributed by atoms with Crippen LogP contribution in [0.25, 0.3) is 0 Å². The number of carbonyl (C=O) groups excluding carboxylic acids is 1. The number of rotatable bonds is 3. The summed E-state index contributed by atoms with van der Waals surface area (Å²) in [4.78, 5) is 14.6. The Kier molecular flexibility index (Phi) is 4.44. The van der Waals surface area contributed by atoms with Gasteiger partial charge in [-0.25, -0.2) is 8.42 Å². The maximum absolute atomic E-state index is 13.2. The van der Waals surface area contributed by atoms with Gasteiger partial charge in [-0.05, 0) is 51.9 Å². The predicted octanol–water partition coefficient (Wildman–Crippen LogP) is 0.955. The number of nitrogens with zero attached hydrogens (tertiary/aromatic N) is 2. The number of likely N-dealkylation sites (tertiary alicyclic amines) is 1. The van der Waals surface area contributed by atoms with Gasteiger partial charge in [0.2, 0.25) is 15.9 Å². The molecule has 1 aromatic rings. The van der Waals surface area contributed by atoms with E-state index in [0.717, 1.165) is 12.1 Å². The van der Waals surface area contributed by atoms with Gasteiger partial charge in [-0.2, -0.15) is 4.31 Å². The second kappa shape index (κ2) is 6.13. The molecule has 1 aromatic carbocycles. The fraction of sp³-hybridized carbons (Fsp3) is 0.588. The van der Waals surface area contributed by atoms with E-state index in [4.69, 9.17) is 5.73 Å². The number of sulfonamides is 1. The number of amides is 1. The number of fused-ring (bicyclic) bond motifs is 1. The van der Waals surface area contributed by atoms with E-state index in [1.165, 1.54) is 4.31 Å². The van der Waals surface area contributed by atoms with Crippen molar-refractivity contribution in [3.63, 3.8) is 0 Å². The number of piperidine rings is 2. The molecule has 2 fully saturated rings. The SMILES string of the molecule is Cc1ccc(S(=O)(=O)N2CCC[C@@]3(C(N)=O)CCN(C)C[C@H]23)cc1. The van der Waals surface area contributed by atoms with E-state index < -0.39 is 21.5 Å². The maximum Gasteiger partial charge on any atom is 0.243 e. The van der Waals surface area contributed by atoms with Crippen LogP contribution in [0, 0.1) is 12.3 Å². The van der Waals surface area contributed by atoms with Crippen molar-refractivity contribution in [2.75, 3.05) is 26.7 Å². The van der Waals surface area contributed by atoms with Crippen LogP contribution in [0.5, 0.6) is 0 Å². The summed E-state index contributed by atoms with van der Waals surface area (Å²) in [6.07, 6.45) is 1.94. The number of nitrogens with two attached hydrogens (primary N) is 1. The molecule has 6 nitrogen and oxygen atoms in total. The average molecular weight is 351 g/mol. The molecule has 24 heavy (non-hydrogen) atoms. The molecule has 0 saturated carbocycles. The van der Waals surface area contributed by atoms with Gasteiger partial charge in [-0.15, -0.1) is 0 Å². The molecule has 0 spiro atoms. The summed E-state index contributed by atoms with van der Waals surface area (Å²) in [7, 11) is -1.69. The van der Waals surface area contributed by atoms with Crippen molar-refractivity contribution in [2.45, 2.75) is 37.1 Å². The molecule has 2 aliphatic heterocycles. The van der Waals surface area contributed by atoms with Gasteiger partial charge in [0.15, 0.2) is 0 Å². The normalized spacial score (nSPS) is 29.2. The van der Waals surface area contributed by atoms with Crippen LogP contribution >= 0.6 is 0 Å². The zero-order valence-electron chi connectivity index (χ0n) is 14.2. The van der Waals surface area contributed by atoms with Crippen LogP contribution in [-0.4, -0.2) is 56.3 Å². The molecule has 0 unspecified atom stereocenters. The average Bonchev–Trinajstić information content (AvgIpc) is 2.54. The second-order valence-corrected chi connectivity index (χ2v) is 8.97. The minimum absolute atomic E-state index is 0.279. The molecule has 2 aliphatic rings. The highest BCUT2D eigenvalue weighted by atomic mass is 32.2. The molecule has 0 aromatic heterocycles. The van der Waals surface area contributed by atoms with Gasteiger partial charge in [0.05, 0.1) is 16.4 Å². The lowest BCUT2D eigenvalue weighted by Crippen LogP contribution is -2.65. The number of aryl methyl sites for hydroxylation is 1. The van der Waals surface area contributed by atoms with Gasteiger partial charge in [0, 0.05) is 13.1 Å². The molecule has 0 bridgehead atoms. The third kappa shape index (κ3) is 2.74. The minimum atomic E-state index is -3.65. The van der Waals surface area contributed by atoms with Crippen LogP contribution in [-0.2, 0) is 14.8 Å². The molecule has 0 aliphatic carbocycles. The lowest BCUT2D eigenvalue weighted by Gasteiger charge is -2.52. The van der Waals surface area contributed by atoms with Crippen LogP contribution < -0.4 is 5.73 Å². The van der Waals surface area contributed by atoms with Gasteiger partial charge in [-0.3, -0.25) is 4.79 Å². The van der Waals surface area contributed by atoms with E-state index in [9.17, 15) is 13.2 Å². The van der Waals surface area contributed by atoms with Crippen molar-refractivity contribution in [3.8, 4) is 0 Å². The van der Waals surface area contributed by atoms with Gasteiger partial charge < -0.3 is 10.6 Å². The van der Waals surface area contributed by atoms with E-state index in [1.54, 1.807) is 24.3 Å². The highest BCUT2D eigenvalue weighted by Gasteiger charge is 2.54. The Bertz CT molecular complexity index is 732. The monoisotopic (exact) mass is 351 g/mol. The molecular weight excluding hydrogens is 326 g/mol. The lowest BCUT2D eigenvalue weighted by molar-refractivity contribution is -0.137. The maximum atomic E-state index is 13.2. The van der Waals surface area contributed by atoms with Crippen LogP contribution in [0.2, 0.25) is 0 Å². The molecule has 2 saturated heterocycles. The predicted molar refractivity (Wildman–Crippen MR) is 91.8 cm³/mol. The smallest absolute Gasteiger partial charge is 0.243 e. The number of benzene rings is 1. The van der Waals surface area contributed by atoms with Crippen LogP contribution in [0.4, 0.5) is 0 Å². The highest BCUT2D eigenvalue weighted by Crippen LogP contribution is 2.43. The Labute approximate surface area is 143 Å². The summed E-state index contributed by atoms with van der Waals surface area (Å²) in [5, 5.41) is 0. The van der Waals surface area contributed by atoms with E-state index >= 15 is 0 Å². The first-order valence-corrected chi connectivity index (χ1v) is 9.78. The Morgan fingerprint density at radius 2 is 1.88 bits per heavy atom. The minimum Gasteiger partial charge on any atom is -0.369 e. The zero-order valence-corrected chi connectivity index (χ0v) is 15.1. The van der Waals surface area contributed by atoms with Crippen molar-refractivity contribution >= 4 is 15.9 Å². The number of likely N-dealkylation sites (N-methyl/N-ethyl adjacent to an activating group) is 1. The van der Waals surface area contributed by atoms with Crippen molar-refractivity contribution in [1.82, 2.24) is 9.21 Å². The van der Waals surface area contributed by atoms with Gasteiger partial charge in [0.1, 0.15) is 0 Å². The van der Waals surface area contributed by atoms with Crippen LogP contribution in [0.3, 0.4) is 0 Å². The zero-order chi connectivity index (χ0) is 17.5. The van der Waals surface area contributed by atoms with Gasteiger partial charge in [-0.1, -0.05) is 17.7 Å². The quantitative estimate of drug-likeness (QED) is 0.879. The Hall–Kier alpha value is -1.44. The van der Waals surface area contributed by atoms with Gasteiger partial charge in [0.25, 0.3) is 0 Å². The number of primary amides is 1. The Morgan fingerprint density at radius 3 is 2.50 bits per heavy atom. The molecule has 3 rings (SSSR count). The van der Waals surface area contributed by atoms with E-state index in [1.807, 2.05) is 14.0 Å². The number of hydrogen-bond donors (Lipinski definition) is 1. The van der Waals surface area contributed by atoms with Crippen LogP contribution in [0.1, 0.15) is 24.8 Å². The summed E-state index contributed by atoms with van der Waals surface area (Å²) >= 11 is 0. The summed E-state index contributed by atoms with van der Waals surface area (Å²) in [5.41, 5.74) is 6.01. The van der Waals surface area contributed by atoms with Crippen molar-refractivity contribution in [3.05, 3.63) is 29.8 Å². The number of hydrogen-bond acceptors (Lipinski definition) is 4. The summed E-state index contributed by atoms with van der Waals surface area (Å²) < 4.78 is 27.9. The Balaban J connectivity index is 2.02. The van der Waals surface area contributed by atoms with Crippen molar-refractivity contribution in [2.24, 2.45) is 11.1 Å². The highest BCUT2D eigenvalue weighted by molar-refractivity contribution is 7.89. The molecule has 1 amide bonds. The summed E-state index contributed by atoms with van der Waals surface area (Å²) in [6.45, 7) is 3.65. The standard InChI is InChI=1S/C17H25N3O3S/c1-13-4-6-14(7-5-13)24(22,23)20-10-3-8-17(16(18)21)9-11-19(2)12-15(17)20/h4-7,15H,3,8-12H2,1-2H3,(H2,18,21)/t15-,17+/m0/s1. The number of carbonyl (C=O) groups is 1. The first kappa shape index (κ1) is 17.4. The third-order valence-electron chi connectivity index (χ3n) is 5.53. The summed E-state index contributed by atoms with van der Waals surface area (Å²) in [5.74, 6) is -0.371. The third-order valence-corrected chi connectivity index (χ3v) is 7.45. The first-order valence-electron chi connectivity index (χ1n) is 8.34. The topological polar surface area (TPSA) is 83.7 Å². The lowest BCUT2D eigenvalue weighted by atomic mass is 9.69. The molecule has 132 valence electrons. The molecule has 0 radical (unpaired) electrons. The fourth-order valence-corrected chi connectivity index (χ4v) is 5.75. The second-order valence-electron chi connectivity index (χ2n) is 7.08. The van der Waals surface area contributed by atoms with Crippen molar-refractivity contribution in [1.29, 1.82) is 0 Å². The molecule has 2 atom stereocenters. The van der Waals surface area contributed by atoms with E-state index in [2.05, 4.69) is 4.90 Å². The van der Waals surface area contributed by atoms with Crippen LogP contribution in [0.15, 0.2) is 29.2 Å². The fourth-order valence-electron chi connectivity index (χ4n) is 4.03. The Morgan fingerprint density at radius 1 is 1.21 bits per heavy atom. The van der Waals surface area contributed by atoms with E-state index in [-0.39, 0.29) is 10.8 Å². The molecular formula is C17H25N3O3S. The molecule has 7 heteroatoms. The first-order chi connectivity index (χ1) is 11.3. The largest absolute Gasteiger partial charge is 0.369 e. The van der Waals surface area contributed by atoms with Crippen molar-refractivity contribution < 1.29 is 13.2 Å².